The second kappa shape index (κ2) is 8.97. The SMILES string of the molecule is CCN(CC)S(=O)(=O)c1ccc(S(=O)(=O)N(CC)Cc2ccccc2)cc1. The van der Waals surface area contributed by atoms with E-state index in [1.165, 1.54) is 32.9 Å². The van der Waals surface area contributed by atoms with Gasteiger partial charge in [-0.25, -0.2) is 16.8 Å². The molecule has 0 aliphatic heterocycles. The van der Waals surface area contributed by atoms with Gasteiger partial charge in [0.1, 0.15) is 0 Å². The topological polar surface area (TPSA) is 74.8 Å². The van der Waals surface area contributed by atoms with Gasteiger partial charge in [-0.1, -0.05) is 51.1 Å². The molecule has 148 valence electrons. The number of sulfonamides is 2. The van der Waals surface area contributed by atoms with Crippen molar-refractivity contribution >= 4 is 20.0 Å². The van der Waals surface area contributed by atoms with Crippen LogP contribution in [0.2, 0.25) is 0 Å². The largest absolute Gasteiger partial charge is 0.243 e. The first-order valence-corrected chi connectivity index (χ1v) is 11.8. The third-order valence-corrected chi connectivity index (χ3v) is 8.36. The van der Waals surface area contributed by atoms with Crippen LogP contribution in [0.25, 0.3) is 0 Å². The maximum atomic E-state index is 12.9. The average Bonchev–Trinajstić information content (AvgIpc) is 2.67. The van der Waals surface area contributed by atoms with Gasteiger partial charge in [-0.2, -0.15) is 8.61 Å². The van der Waals surface area contributed by atoms with Crippen molar-refractivity contribution in [1.82, 2.24) is 8.61 Å². The number of rotatable bonds is 9. The van der Waals surface area contributed by atoms with Crippen molar-refractivity contribution in [3.8, 4) is 0 Å². The van der Waals surface area contributed by atoms with Crippen LogP contribution in [-0.4, -0.2) is 45.1 Å². The van der Waals surface area contributed by atoms with Gasteiger partial charge in [-0.05, 0) is 29.8 Å². The summed E-state index contributed by atoms with van der Waals surface area (Å²) in [7, 11) is -7.33. The molecule has 6 nitrogen and oxygen atoms in total. The molecule has 0 bridgehead atoms. The van der Waals surface area contributed by atoms with E-state index in [-0.39, 0.29) is 16.3 Å². The van der Waals surface area contributed by atoms with Gasteiger partial charge in [-0.3, -0.25) is 0 Å². The molecule has 0 unspecified atom stereocenters. The van der Waals surface area contributed by atoms with E-state index in [9.17, 15) is 16.8 Å². The fourth-order valence-corrected chi connectivity index (χ4v) is 5.69. The average molecular weight is 411 g/mol. The van der Waals surface area contributed by atoms with Crippen LogP contribution in [0.4, 0.5) is 0 Å². The summed E-state index contributed by atoms with van der Waals surface area (Å²) in [5, 5.41) is 0. The van der Waals surface area contributed by atoms with Crippen LogP contribution in [0.15, 0.2) is 64.4 Å². The van der Waals surface area contributed by atoms with Crippen LogP contribution in [0.1, 0.15) is 26.3 Å². The van der Waals surface area contributed by atoms with Gasteiger partial charge in [0.2, 0.25) is 20.0 Å². The van der Waals surface area contributed by atoms with Crippen LogP contribution in [0.5, 0.6) is 0 Å². The predicted molar refractivity (Wildman–Crippen MR) is 106 cm³/mol. The zero-order valence-electron chi connectivity index (χ0n) is 15.9. The highest BCUT2D eigenvalue weighted by molar-refractivity contribution is 7.89. The Hall–Kier alpha value is -1.74. The van der Waals surface area contributed by atoms with Crippen LogP contribution in [0.3, 0.4) is 0 Å². The van der Waals surface area contributed by atoms with Crippen LogP contribution in [0, 0.1) is 0 Å². The minimum Gasteiger partial charge on any atom is -0.207 e. The Labute approximate surface area is 162 Å². The Kier molecular flexibility index (Phi) is 7.16. The van der Waals surface area contributed by atoms with Crippen molar-refractivity contribution in [2.24, 2.45) is 0 Å². The molecule has 0 saturated heterocycles. The lowest BCUT2D eigenvalue weighted by Crippen LogP contribution is -2.31. The van der Waals surface area contributed by atoms with Crippen molar-refractivity contribution < 1.29 is 16.8 Å². The Bertz CT molecular complexity index is 937. The smallest absolute Gasteiger partial charge is 0.207 e. The first-order valence-electron chi connectivity index (χ1n) is 8.91. The molecule has 0 aliphatic carbocycles. The molecule has 0 spiro atoms. The van der Waals surface area contributed by atoms with E-state index in [2.05, 4.69) is 0 Å². The van der Waals surface area contributed by atoms with Crippen molar-refractivity contribution in [2.45, 2.75) is 37.1 Å². The molecule has 0 aromatic heterocycles. The van der Waals surface area contributed by atoms with Gasteiger partial charge in [0, 0.05) is 26.2 Å². The molecule has 0 fully saturated rings. The molecule has 0 amide bonds. The zero-order valence-corrected chi connectivity index (χ0v) is 17.5. The summed E-state index contributed by atoms with van der Waals surface area (Å²) >= 11 is 0. The van der Waals surface area contributed by atoms with Gasteiger partial charge in [-0.15, -0.1) is 0 Å². The molecule has 0 N–H and O–H groups in total. The van der Waals surface area contributed by atoms with Gasteiger partial charge in [0.05, 0.1) is 9.79 Å². The summed E-state index contributed by atoms with van der Waals surface area (Å²) in [6.07, 6.45) is 0. The van der Waals surface area contributed by atoms with E-state index in [1.54, 1.807) is 20.8 Å². The van der Waals surface area contributed by atoms with Gasteiger partial charge in [0.15, 0.2) is 0 Å². The molecule has 2 rings (SSSR count). The fourth-order valence-electron chi connectivity index (χ4n) is 2.80. The van der Waals surface area contributed by atoms with Crippen molar-refractivity contribution in [1.29, 1.82) is 0 Å². The summed E-state index contributed by atoms with van der Waals surface area (Å²) in [6.45, 7) is 6.61. The molecule has 8 heteroatoms. The van der Waals surface area contributed by atoms with E-state index in [4.69, 9.17) is 0 Å². The Morgan fingerprint density at radius 3 is 1.44 bits per heavy atom. The second-order valence-electron chi connectivity index (χ2n) is 5.98. The van der Waals surface area contributed by atoms with Gasteiger partial charge < -0.3 is 0 Å². The van der Waals surface area contributed by atoms with E-state index in [0.717, 1.165) is 5.56 Å². The lowest BCUT2D eigenvalue weighted by atomic mass is 10.2. The van der Waals surface area contributed by atoms with E-state index >= 15 is 0 Å². The zero-order chi connectivity index (χ0) is 20.1. The molecule has 0 radical (unpaired) electrons. The van der Waals surface area contributed by atoms with Crippen LogP contribution >= 0.6 is 0 Å². The maximum Gasteiger partial charge on any atom is 0.243 e. The maximum absolute atomic E-state index is 12.9. The van der Waals surface area contributed by atoms with Crippen molar-refractivity contribution in [2.75, 3.05) is 19.6 Å². The molecular formula is C19H26N2O4S2. The van der Waals surface area contributed by atoms with Gasteiger partial charge >= 0.3 is 0 Å². The van der Waals surface area contributed by atoms with E-state index in [0.29, 0.717) is 19.6 Å². The normalized spacial score (nSPS) is 12.6. The Balaban J connectivity index is 2.31. The summed E-state index contributed by atoms with van der Waals surface area (Å²) in [4.78, 5) is 0.176. The Morgan fingerprint density at radius 1 is 0.630 bits per heavy atom. The number of nitrogens with zero attached hydrogens (tertiary/aromatic N) is 2. The third-order valence-electron chi connectivity index (χ3n) is 4.36. The summed E-state index contributed by atoms with van der Waals surface area (Å²) < 4.78 is 53.7. The van der Waals surface area contributed by atoms with Crippen molar-refractivity contribution in [3.63, 3.8) is 0 Å². The number of benzene rings is 2. The first kappa shape index (κ1) is 21.6. The van der Waals surface area contributed by atoms with Crippen molar-refractivity contribution in [3.05, 3.63) is 60.2 Å². The molecule has 2 aromatic carbocycles. The van der Waals surface area contributed by atoms with Crippen LogP contribution < -0.4 is 0 Å². The highest BCUT2D eigenvalue weighted by Crippen LogP contribution is 2.22. The highest BCUT2D eigenvalue weighted by Gasteiger charge is 2.26. The van der Waals surface area contributed by atoms with E-state index in [1.807, 2.05) is 30.3 Å². The quantitative estimate of drug-likeness (QED) is 0.637. The molecule has 0 aliphatic rings. The minimum absolute atomic E-state index is 0.0822. The Morgan fingerprint density at radius 2 is 1.04 bits per heavy atom. The fraction of sp³-hybridized carbons (Fsp3) is 0.368. The number of hydrogen-bond acceptors (Lipinski definition) is 4. The standard InChI is InChI=1S/C19H26N2O4S2/c1-4-20(5-2)26(22,23)18-12-14-19(15-13-18)27(24,25)21(6-3)16-17-10-8-7-9-11-17/h7-15H,4-6,16H2,1-3H3. The molecule has 0 atom stereocenters. The summed E-state index contributed by atoms with van der Waals surface area (Å²) in [5.74, 6) is 0. The van der Waals surface area contributed by atoms with Gasteiger partial charge in [0.25, 0.3) is 0 Å². The molecule has 2 aromatic rings. The molecular weight excluding hydrogens is 384 g/mol. The minimum atomic E-state index is -3.72. The second-order valence-corrected chi connectivity index (χ2v) is 9.85. The summed E-state index contributed by atoms with van der Waals surface area (Å²) in [5.41, 5.74) is 0.892. The van der Waals surface area contributed by atoms with Crippen LogP contribution in [-0.2, 0) is 26.6 Å². The summed E-state index contributed by atoms with van der Waals surface area (Å²) in [6, 6.07) is 14.8. The monoisotopic (exact) mass is 410 g/mol. The number of hydrogen-bond donors (Lipinski definition) is 0. The third kappa shape index (κ3) is 4.76. The lowest BCUT2D eigenvalue weighted by molar-refractivity contribution is 0.423. The highest BCUT2D eigenvalue weighted by atomic mass is 32.2. The lowest BCUT2D eigenvalue weighted by Gasteiger charge is -2.21. The molecule has 27 heavy (non-hydrogen) atoms. The van der Waals surface area contributed by atoms with E-state index < -0.39 is 20.0 Å². The first-order chi connectivity index (χ1) is 12.8. The molecule has 0 saturated carbocycles. The molecule has 0 heterocycles. The predicted octanol–water partition coefficient (Wildman–Crippen LogP) is 2.93.